The molecule has 0 aromatic rings. The highest BCUT2D eigenvalue weighted by Gasteiger charge is 2.35. The Labute approximate surface area is 121 Å². The number of hydrogen-bond acceptors (Lipinski definition) is 3. The van der Waals surface area contributed by atoms with Crippen LogP contribution in [0.15, 0.2) is 0 Å². The summed E-state index contributed by atoms with van der Waals surface area (Å²) < 4.78 is 0. The minimum atomic E-state index is 0.00564. The largest absolute Gasteiger partial charge is 0.340 e. The summed E-state index contributed by atoms with van der Waals surface area (Å²) in [5.74, 6) is 1.59. The fraction of sp³-hybridized carbons (Fsp3) is 0.933. The molecule has 0 aromatic heterocycles. The van der Waals surface area contributed by atoms with E-state index in [1.54, 1.807) is 0 Å². The molecule has 0 aromatic carbocycles. The van der Waals surface area contributed by atoms with E-state index in [2.05, 4.69) is 35.8 Å². The predicted molar refractivity (Wildman–Crippen MR) is 82.5 cm³/mol. The molecular formula is C15H28N2OS. The van der Waals surface area contributed by atoms with Crippen LogP contribution in [0.5, 0.6) is 0 Å². The van der Waals surface area contributed by atoms with E-state index in [-0.39, 0.29) is 11.5 Å². The van der Waals surface area contributed by atoms with Crippen LogP contribution >= 0.6 is 11.8 Å². The molecule has 19 heavy (non-hydrogen) atoms. The Bertz CT molecular complexity index is 313. The summed E-state index contributed by atoms with van der Waals surface area (Å²) in [5, 5.41) is 3.88. The molecule has 2 atom stereocenters. The van der Waals surface area contributed by atoms with Crippen LogP contribution in [-0.2, 0) is 4.79 Å². The van der Waals surface area contributed by atoms with E-state index < -0.39 is 0 Å². The van der Waals surface area contributed by atoms with Crippen LogP contribution in [0, 0.1) is 5.41 Å². The van der Waals surface area contributed by atoms with Crippen molar-refractivity contribution in [3.8, 4) is 0 Å². The van der Waals surface area contributed by atoms with Crippen molar-refractivity contribution in [2.45, 2.75) is 57.2 Å². The summed E-state index contributed by atoms with van der Waals surface area (Å²) >= 11 is 2.06. The first-order valence-corrected chi connectivity index (χ1v) is 8.64. The summed E-state index contributed by atoms with van der Waals surface area (Å²) in [5.41, 5.74) is 0.262. The van der Waals surface area contributed by atoms with Crippen molar-refractivity contribution in [1.29, 1.82) is 0 Å². The molecule has 1 amide bonds. The third-order valence-electron chi connectivity index (χ3n) is 4.47. The number of rotatable bonds is 3. The van der Waals surface area contributed by atoms with Crippen LogP contribution in [-0.4, -0.2) is 48.0 Å². The monoisotopic (exact) mass is 284 g/mol. The summed E-state index contributed by atoms with van der Waals surface area (Å²) in [4.78, 5) is 14.7. The van der Waals surface area contributed by atoms with Crippen molar-refractivity contribution < 1.29 is 4.79 Å². The third-order valence-corrected chi connectivity index (χ3v) is 5.85. The number of hydrogen-bond donors (Lipinski definition) is 1. The molecule has 110 valence electrons. The average molecular weight is 284 g/mol. The van der Waals surface area contributed by atoms with Crippen molar-refractivity contribution in [2.24, 2.45) is 5.41 Å². The molecule has 3 nitrogen and oxygen atoms in total. The molecule has 2 heterocycles. The molecule has 2 rings (SSSR count). The summed E-state index contributed by atoms with van der Waals surface area (Å²) in [6, 6.07) is 0.00564. The standard InChI is InChI=1S/C15H28N2OS/c1-15(2)7-8-17(14(18)13(10-15)16-3)11-12-6-4-5-9-19-12/h12-13,16H,4-11H2,1-3H3. The van der Waals surface area contributed by atoms with Gasteiger partial charge in [0.1, 0.15) is 0 Å². The minimum absolute atomic E-state index is 0.00564. The van der Waals surface area contributed by atoms with Crippen LogP contribution in [0.3, 0.4) is 0 Å². The molecule has 0 aliphatic carbocycles. The summed E-state index contributed by atoms with van der Waals surface area (Å²) in [6.45, 7) is 6.45. The summed E-state index contributed by atoms with van der Waals surface area (Å²) in [6.07, 6.45) is 6.04. The van der Waals surface area contributed by atoms with Crippen molar-refractivity contribution in [1.82, 2.24) is 10.2 Å². The SMILES string of the molecule is CNC1CC(C)(C)CCN(CC2CCCCS2)C1=O. The van der Waals surface area contributed by atoms with Gasteiger partial charge in [0.25, 0.3) is 0 Å². The van der Waals surface area contributed by atoms with Gasteiger partial charge in [0.15, 0.2) is 0 Å². The molecule has 0 radical (unpaired) electrons. The number of amides is 1. The Hall–Kier alpha value is -0.220. The van der Waals surface area contributed by atoms with E-state index >= 15 is 0 Å². The van der Waals surface area contributed by atoms with Gasteiger partial charge >= 0.3 is 0 Å². The second-order valence-corrected chi connectivity index (χ2v) is 8.14. The summed E-state index contributed by atoms with van der Waals surface area (Å²) in [7, 11) is 1.91. The molecule has 2 unspecified atom stereocenters. The highest BCUT2D eigenvalue weighted by atomic mass is 32.2. The predicted octanol–water partition coefficient (Wildman–Crippen LogP) is 2.51. The van der Waals surface area contributed by atoms with E-state index in [4.69, 9.17) is 0 Å². The highest BCUT2D eigenvalue weighted by molar-refractivity contribution is 7.99. The van der Waals surface area contributed by atoms with Crippen LogP contribution in [0.2, 0.25) is 0 Å². The molecular weight excluding hydrogens is 256 g/mol. The molecule has 2 aliphatic heterocycles. The fourth-order valence-electron chi connectivity index (χ4n) is 3.11. The highest BCUT2D eigenvalue weighted by Crippen LogP contribution is 2.32. The zero-order chi connectivity index (χ0) is 13.9. The first-order valence-electron chi connectivity index (χ1n) is 7.59. The normalized spacial score (nSPS) is 32.2. The smallest absolute Gasteiger partial charge is 0.239 e. The minimum Gasteiger partial charge on any atom is -0.340 e. The molecule has 0 saturated carbocycles. The topological polar surface area (TPSA) is 32.3 Å². The Morgan fingerprint density at radius 2 is 2.21 bits per heavy atom. The van der Waals surface area contributed by atoms with Gasteiger partial charge in [-0.25, -0.2) is 0 Å². The lowest BCUT2D eigenvalue weighted by Gasteiger charge is -2.30. The number of carbonyl (C=O) groups excluding carboxylic acids is 1. The first-order chi connectivity index (χ1) is 9.02. The Balaban J connectivity index is 1.99. The molecule has 2 saturated heterocycles. The first kappa shape index (κ1) is 15.2. The van der Waals surface area contributed by atoms with Gasteiger partial charge in [-0.15, -0.1) is 0 Å². The lowest BCUT2D eigenvalue weighted by Crippen LogP contribution is -2.46. The second-order valence-electron chi connectivity index (χ2n) is 6.73. The Kier molecular flexibility index (Phi) is 5.18. The van der Waals surface area contributed by atoms with Gasteiger partial charge < -0.3 is 10.2 Å². The quantitative estimate of drug-likeness (QED) is 0.864. The lowest BCUT2D eigenvalue weighted by atomic mass is 9.83. The van der Waals surface area contributed by atoms with Crippen molar-refractivity contribution in [2.75, 3.05) is 25.9 Å². The Morgan fingerprint density at radius 1 is 1.42 bits per heavy atom. The molecule has 0 spiro atoms. The van der Waals surface area contributed by atoms with Crippen molar-refractivity contribution >= 4 is 17.7 Å². The molecule has 1 N–H and O–H groups in total. The van der Waals surface area contributed by atoms with Gasteiger partial charge in [-0.1, -0.05) is 20.3 Å². The maximum Gasteiger partial charge on any atom is 0.239 e. The van der Waals surface area contributed by atoms with E-state index in [1.165, 1.54) is 25.0 Å². The second kappa shape index (κ2) is 6.49. The van der Waals surface area contributed by atoms with Gasteiger partial charge in [0, 0.05) is 18.3 Å². The molecule has 2 fully saturated rings. The van der Waals surface area contributed by atoms with Gasteiger partial charge in [0.2, 0.25) is 5.91 Å². The Morgan fingerprint density at radius 3 is 2.84 bits per heavy atom. The van der Waals surface area contributed by atoms with Crippen LogP contribution < -0.4 is 5.32 Å². The van der Waals surface area contributed by atoms with Gasteiger partial charge in [0.05, 0.1) is 6.04 Å². The molecule has 0 bridgehead atoms. The molecule has 2 aliphatic rings. The van der Waals surface area contributed by atoms with E-state index in [1.807, 2.05) is 7.05 Å². The maximum absolute atomic E-state index is 12.6. The average Bonchev–Trinajstić information content (AvgIpc) is 2.51. The number of likely N-dealkylation sites (tertiary alicyclic amines) is 1. The van der Waals surface area contributed by atoms with Gasteiger partial charge in [-0.05, 0) is 43.9 Å². The number of thioether (sulfide) groups is 1. The van der Waals surface area contributed by atoms with E-state index in [0.717, 1.165) is 25.9 Å². The zero-order valence-electron chi connectivity index (χ0n) is 12.6. The van der Waals surface area contributed by atoms with Gasteiger partial charge in [-0.2, -0.15) is 11.8 Å². The number of nitrogens with zero attached hydrogens (tertiary/aromatic N) is 1. The zero-order valence-corrected chi connectivity index (χ0v) is 13.4. The number of carbonyl (C=O) groups is 1. The third kappa shape index (κ3) is 4.12. The lowest BCUT2D eigenvalue weighted by molar-refractivity contribution is -0.132. The van der Waals surface area contributed by atoms with Gasteiger partial charge in [-0.3, -0.25) is 4.79 Å². The van der Waals surface area contributed by atoms with E-state index in [0.29, 0.717) is 11.2 Å². The van der Waals surface area contributed by atoms with E-state index in [9.17, 15) is 4.79 Å². The fourth-order valence-corrected chi connectivity index (χ4v) is 4.44. The van der Waals surface area contributed by atoms with Crippen LogP contribution in [0.1, 0.15) is 46.0 Å². The van der Waals surface area contributed by atoms with Crippen molar-refractivity contribution in [3.63, 3.8) is 0 Å². The molecule has 4 heteroatoms. The number of nitrogens with one attached hydrogen (secondary N) is 1. The van der Waals surface area contributed by atoms with Crippen LogP contribution in [0.25, 0.3) is 0 Å². The number of likely N-dealkylation sites (N-methyl/N-ethyl adjacent to an activating group) is 1. The van der Waals surface area contributed by atoms with Crippen LogP contribution in [0.4, 0.5) is 0 Å². The van der Waals surface area contributed by atoms with Crippen molar-refractivity contribution in [3.05, 3.63) is 0 Å². The maximum atomic E-state index is 12.6.